The third kappa shape index (κ3) is 1.20. The Morgan fingerprint density at radius 2 is 2.42 bits per heavy atom. The molecule has 1 heteroatoms. The zero-order valence-electron chi connectivity index (χ0n) is 7.42. The Hall–Kier alpha value is -0.980. The molecule has 12 heavy (non-hydrogen) atoms. The Morgan fingerprint density at radius 3 is 3.25 bits per heavy atom. The molecule has 0 amide bonds. The summed E-state index contributed by atoms with van der Waals surface area (Å²) in [5, 5.41) is 0. The first-order valence-corrected chi connectivity index (χ1v) is 4.66. The van der Waals surface area contributed by atoms with Gasteiger partial charge in [0, 0.05) is 11.1 Å². The average Bonchev–Trinajstić information content (AvgIpc) is 2.62. The predicted octanol–water partition coefficient (Wildman–Crippen LogP) is 2.96. The van der Waals surface area contributed by atoms with Crippen LogP contribution in [0.4, 0.5) is 0 Å². The molecule has 0 aromatic carbocycles. The van der Waals surface area contributed by atoms with Crippen LogP contribution < -0.4 is 0 Å². The van der Waals surface area contributed by atoms with Crippen LogP contribution >= 0.6 is 0 Å². The monoisotopic (exact) mass is 162 g/mol. The highest BCUT2D eigenvalue weighted by Crippen LogP contribution is 2.32. The zero-order valence-corrected chi connectivity index (χ0v) is 7.42. The van der Waals surface area contributed by atoms with Gasteiger partial charge < -0.3 is 4.74 Å². The summed E-state index contributed by atoms with van der Waals surface area (Å²) in [6.45, 7) is 2.21. The molecule has 0 aromatic rings. The van der Waals surface area contributed by atoms with E-state index in [4.69, 9.17) is 4.74 Å². The van der Waals surface area contributed by atoms with Crippen molar-refractivity contribution in [2.24, 2.45) is 0 Å². The van der Waals surface area contributed by atoms with Crippen LogP contribution in [0.15, 0.2) is 35.6 Å². The molecule has 1 nitrogen and oxygen atoms in total. The van der Waals surface area contributed by atoms with Crippen LogP contribution in [0.5, 0.6) is 0 Å². The number of unbranched alkanes of at least 4 members (excludes halogenated alkanes) is 1. The standard InChI is InChI=1S/C11H14O/c1-2-3-7-11-10-6-4-5-9(10)8-12-11/h4-6,8,11H,2-3,7H2,1H3. The molecule has 2 rings (SSSR count). The van der Waals surface area contributed by atoms with E-state index in [1.165, 1.54) is 24.0 Å². The summed E-state index contributed by atoms with van der Waals surface area (Å²) in [5.41, 5.74) is 2.65. The van der Waals surface area contributed by atoms with Crippen LogP contribution in [-0.4, -0.2) is 6.10 Å². The smallest absolute Gasteiger partial charge is 0.124 e. The summed E-state index contributed by atoms with van der Waals surface area (Å²) in [6, 6.07) is 0. The van der Waals surface area contributed by atoms with E-state index in [0.717, 1.165) is 6.42 Å². The fraction of sp³-hybridized carbons (Fsp3) is 0.455. The van der Waals surface area contributed by atoms with Crippen LogP contribution in [0, 0.1) is 0 Å². The summed E-state index contributed by atoms with van der Waals surface area (Å²) in [7, 11) is 0. The van der Waals surface area contributed by atoms with Crippen molar-refractivity contribution in [3.63, 3.8) is 0 Å². The molecule has 0 radical (unpaired) electrons. The molecule has 1 aliphatic carbocycles. The molecule has 0 N–H and O–H groups in total. The molecular weight excluding hydrogens is 148 g/mol. The van der Waals surface area contributed by atoms with Crippen molar-refractivity contribution in [2.75, 3.05) is 0 Å². The van der Waals surface area contributed by atoms with Crippen molar-refractivity contribution in [1.29, 1.82) is 0 Å². The molecule has 0 spiro atoms. The Bertz CT molecular complexity index is 258. The molecule has 0 aromatic heterocycles. The maximum absolute atomic E-state index is 5.54. The quantitative estimate of drug-likeness (QED) is 0.620. The van der Waals surface area contributed by atoms with Gasteiger partial charge in [-0.3, -0.25) is 0 Å². The summed E-state index contributed by atoms with van der Waals surface area (Å²) in [6.07, 6.45) is 12.3. The minimum atomic E-state index is 0.343. The molecule has 1 heterocycles. The number of allylic oxidation sites excluding steroid dienone is 3. The average molecular weight is 162 g/mol. The molecule has 0 fully saturated rings. The van der Waals surface area contributed by atoms with Gasteiger partial charge in [-0.15, -0.1) is 0 Å². The van der Waals surface area contributed by atoms with Crippen molar-refractivity contribution in [3.8, 4) is 0 Å². The first-order valence-electron chi connectivity index (χ1n) is 4.66. The number of rotatable bonds is 3. The molecule has 0 saturated carbocycles. The summed E-state index contributed by atoms with van der Waals surface area (Å²) < 4.78 is 5.54. The van der Waals surface area contributed by atoms with Gasteiger partial charge in [0.15, 0.2) is 0 Å². The minimum Gasteiger partial charge on any atom is -0.493 e. The van der Waals surface area contributed by atoms with Gasteiger partial charge in [0.25, 0.3) is 0 Å². The van der Waals surface area contributed by atoms with E-state index in [-0.39, 0.29) is 0 Å². The lowest BCUT2D eigenvalue weighted by Gasteiger charge is -2.10. The van der Waals surface area contributed by atoms with E-state index in [1.54, 1.807) is 0 Å². The fourth-order valence-electron chi connectivity index (χ4n) is 1.69. The lowest BCUT2D eigenvalue weighted by molar-refractivity contribution is 0.184. The summed E-state index contributed by atoms with van der Waals surface area (Å²) >= 11 is 0. The second-order valence-corrected chi connectivity index (χ2v) is 3.32. The highest BCUT2D eigenvalue weighted by atomic mass is 16.5. The van der Waals surface area contributed by atoms with Crippen molar-refractivity contribution < 1.29 is 4.74 Å². The van der Waals surface area contributed by atoms with Gasteiger partial charge in [-0.2, -0.15) is 0 Å². The van der Waals surface area contributed by atoms with Gasteiger partial charge in [0.05, 0.1) is 6.26 Å². The molecule has 0 bridgehead atoms. The number of fused-ring (bicyclic) bond motifs is 1. The number of hydrogen-bond donors (Lipinski definition) is 0. The molecule has 2 aliphatic rings. The van der Waals surface area contributed by atoms with E-state index in [1.807, 2.05) is 6.26 Å². The van der Waals surface area contributed by atoms with Crippen molar-refractivity contribution in [3.05, 3.63) is 35.6 Å². The second-order valence-electron chi connectivity index (χ2n) is 3.32. The van der Waals surface area contributed by atoms with Crippen molar-refractivity contribution in [2.45, 2.75) is 32.3 Å². The first-order chi connectivity index (χ1) is 5.92. The lowest BCUT2D eigenvalue weighted by Crippen LogP contribution is -2.07. The molecule has 64 valence electrons. The Labute approximate surface area is 73.4 Å². The molecule has 0 saturated heterocycles. The summed E-state index contributed by atoms with van der Waals surface area (Å²) in [5.74, 6) is 0. The Balaban J connectivity index is 1.97. The number of ether oxygens (including phenoxy) is 1. The molecule has 1 unspecified atom stereocenters. The van der Waals surface area contributed by atoms with Gasteiger partial charge in [-0.05, 0) is 12.8 Å². The van der Waals surface area contributed by atoms with Crippen LogP contribution in [-0.2, 0) is 4.74 Å². The zero-order chi connectivity index (χ0) is 8.39. The highest BCUT2D eigenvalue weighted by molar-refractivity contribution is 5.51. The largest absolute Gasteiger partial charge is 0.493 e. The molecule has 1 aliphatic heterocycles. The van der Waals surface area contributed by atoms with Gasteiger partial charge in [-0.1, -0.05) is 31.6 Å². The summed E-state index contributed by atoms with van der Waals surface area (Å²) in [4.78, 5) is 0. The Morgan fingerprint density at radius 1 is 1.50 bits per heavy atom. The maximum atomic E-state index is 5.54. The van der Waals surface area contributed by atoms with Gasteiger partial charge in [-0.25, -0.2) is 0 Å². The predicted molar refractivity (Wildman–Crippen MR) is 49.7 cm³/mol. The van der Waals surface area contributed by atoms with Crippen LogP contribution in [0.3, 0.4) is 0 Å². The normalized spacial score (nSPS) is 24.9. The SMILES string of the molecule is CCCCC1OC=C2C=CC=C21. The van der Waals surface area contributed by atoms with Crippen molar-refractivity contribution >= 4 is 0 Å². The van der Waals surface area contributed by atoms with E-state index in [9.17, 15) is 0 Å². The van der Waals surface area contributed by atoms with Gasteiger partial charge in [0.1, 0.15) is 6.10 Å². The van der Waals surface area contributed by atoms with Crippen LogP contribution in [0.25, 0.3) is 0 Å². The Kier molecular flexibility index (Phi) is 2.03. The third-order valence-corrected chi connectivity index (χ3v) is 2.41. The van der Waals surface area contributed by atoms with E-state index in [2.05, 4.69) is 25.2 Å². The maximum Gasteiger partial charge on any atom is 0.124 e. The third-order valence-electron chi connectivity index (χ3n) is 2.41. The van der Waals surface area contributed by atoms with E-state index >= 15 is 0 Å². The first kappa shape index (κ1) is 7.66. The van der Waals surface area contributed by atoms with Crippen LogP contribution in [0.2, 0.25) is 0 Å². The van der Waals surface area contributed by atoms with Gasteiger partial charge >= 0.3 is 0 Å². The second kappa shape index (κ2) is 3.18. The topological polar surface area (TPSA) is 9.23 Å². The fourth-order valence-corrected chi connectivity index (χ4v) is 1.69. The van der Waals surface area contributed by atoms with E-state index < -0.39 is 0 Å². The minimum absolute atomic E-state index is 0.343. The van der Waals surface area contributed by atoms with Crippen molar-refractivity contribution in [1.82, 2.24) is 0 Å². The van der Waals surface area contributed by atoms with Crippen LogP contribution in [0.1, 0.15) is 26.2 Å². The highest BCUT2D eigenvalue weighted by Gasteiger charge is 2.24. The van der Waals surface area contributed by atoms with E-state index in [0.29, 0.717) is 6.10 Å². The molecule has 1 atom stereocenters. The lowest BCUT2D eigenvalue weighted by atomic mass is 10.0. The number of hydrogen-bond acceptors (Lipinski definition) is 1. The molecular formula is C11H14O. The van der Waals surface area contributed by atoms with Gasteiger partial charge in [0.2, 0.25) is 0 Å².